The zero-order chi connectivity index (χ0) is 24.9. The number of benzene rings is 2. The molecule has 2 heterocycles. The number of aromatic amines is 2. The highest BCUT2D eigenvalue weighted by atomic mass is 16.5. The van der Waals surface area contributed by atoms with Gasteiger partial charge in [0.25, 0.3) is 17.7 Å². The molecular weight excluding hydrogens is 454 g/mol. The van der Waals surface area contributed by atoms with Gasteiger partial charge in [-0.25, -0.2) is 4.98 Å². The van der Waals surface area contributed by atoms with Gasteiger partial charge >= 0.3 is 0 Å². The molecular formula is C23H21N7O5. The van der Waals surface area contributed by atoms with Crippen LogP contribution in [-0.2, 0) is 11.2 Å². The smallest absolute Gasteiger partial charge is 0.274 e. The van der Waals surface area contributed by atoms with E-state index in [4.69, 9.17) is 16.2 Å². The van der Waals surface area contributed by atoms with Crippen molar-refractivity contribution < 1.29 is 24.2 Å². The van der Waals surface area contributed by atoms with Crippen LogP contribution in [0.1, 0.15) is 32.4 Å². The van der Waals surface area contributed by atoms with E-state index in [-0.39, 0.29) is 29.6 Å². The molecule has 0 saturated heterocycles. The number of aromatic nitrogens is 4. The SMILES string of the molecule is NC(=O)COc1ccc(Cc2nc(NC(=O)c3cc(-c4ccc(O)cc4)n[nH]3)c(C(N)=O)[nH]2)cc1. The molecule has 0 unspecified atom stereocenters. The van der Waals surface area contributed by atoms with E-state index in [1.54, 1.807) is 36.4 Å². The number of H-pyrrole nitrogens is 2. The van der Waals surface area contributed by atoms with Gasteiger partial charge < -0.3 is 31.6 Å². The predicted molar refractivity (Wildman–Crippen MR) is 125 cm³/mol. The molecule has 2 aromatic heterocycles. The summed E-state index contributed by atoms with van der Waals surface area (Å²) in [5, 5.41) is 18.7. The average molecular weight is 475 g/mol. The van der Waals surface area contributed by atoms with E-state index < -0.39 is 17.7 Å². The average Bonchev–Trinajstić information content (AvgIpc) is 3.47. The largest absolute Gasteiger partial charge is 0.508 e. The topological polar surface area (TPSA) is 202 Å². The van der Waals surface area contributed by atoms with Crippen LogP contribution in [0.3, 0.4) is 0 Å². The van der Waals surface area contributed by atoms with Crippen molar-refractivity contribution in [2.75, 3.05) is 11.9 Å². The Bertz CT molecular complexity index is 1370. The molecule has 0 aliphatic rings. The number of amides is 3. The van der Waals surface area contributed by atoms with Crippen LogP contribution in [0.15, 0.2) is 54.6 Å². The van der Waals surface area contributed by atoms with E-state index >= 15 is 0 Å². The lowest BCUT2D eigenvalue weighted by molar-refractivity contribution is -0.119. The number of hydrogen-bond donors (Lipinski definition) is 6. The van der Waals surface area contributed by atoms with Gasteiger partial charge in [-0.1, -0.05) is 12.1 Å². The van der Waals surface area contributed by atoms with Crippen molar-refractivity contribution in [3.05, 3.63) is 77.4 Å². The first kappa shape index (κ1) is 23.0. The number of rotatable bonds is 9. The fourth-order valence-electron chi connectivity index (χ4n) is 3.22. The number of nitrogens with one attached hydrogen (secondary N) is 3. The van der Waals surface area contributed by atoms with E-state index in [1.165, 1.54) is 18.2 Å². The van der Waals surface area contributed by atoms with Crippen molar-refractivity contribution in [1.82, 2.24) is 20.2 Å². The summed E-state index contributed by atoms with van der Waals surface area (Å²) in [7, 11) is 0. The number of anilines is 1. The maximum Gasteiger partial charge on any atom is 0.274 e. The van der Waals surface area contributed by atoms with Crippen LogP contribution >= 0.6 is 0 Å². The van der Waals surface area contributed by atoms with Gasteiger partial charge in [0.05, 0.1) is 5.69 Å². The van der Waals surface area contributed by atoms with Gasteiger partial charge in [-0.15, -0.1) is 0 Å². The first-order valence-corrected chi connectivity index (χ1v) is 10.3. The van der Waals surface area contributed by atoms with Gasteiger partial charge in [0.2, 0.25) is 0 Å². The fraction of sp³-hybridized carbons (Fsp3) is 0.0870. The summed E-state index contributed by atoms with van der Waals surface area (Å²) in [5.41, 5.74) is 12.6. The molecule has 8 N–H and O–H groups in total. The monoisotopic (exact) mass is 475 g/mol. The van der Waals surface area contributed by atoms with Crippen molar-refractivity contribution in [1.29, 1.82) is 0 Å². The van der Waals surface area contributed by atoms with E-state index in [0.717, 1.165) is 5.56 Å². The number of ether oxygens (including phenoxy) is 1. The van der Waals surface area contributed by atoms with Gasteiger partial charge in [0.1, 0.15) is 28.7 Å². The maximum atomic E-state index is 12.7. The molecule has 3 amide bonds. The quantitative estimate of drug-likeness (QED) is 0.209. The van der Waals surface area contributed by atoms with E-state index in [9.17, 15) is 19.5 Å². The Hall–Kier alpha value is -5.13. The Morgan fingerprint density at radius 1 is 1.03 bits per heavy atom. The number of nitrogens with zero attached hydrogens (tertiary/aromatic N) is 2. The Kier molecular flexibility index (Phi) is 6.44. The zero-order valence-electron chi connectivity index (χ0n) is 18.2. The molecule has 4 rings (SSSR count). The van der Waals surface area contributed by atoms with Crippen molar-refractivity contribution in [2.24, 2.45) is 11.5 Å². The highest BCUT2D eigenvalue weighted by Gasteiger charge is 2.19. The lowest BCUT2D eigenvalue weighted by Crippen LogP contribution is -2.19. The Labute approximate surface area is 198 Å². The third-order valence-corrected chi connectivity index (χ3v) is 4.89. The molecule has 0 fully saturated rings. The van der Waals surface area contributed by atoms with Gasteiger partial charge in [-0.05, 0) is 48.0 Å². The standard InChI is InChI=1S/C23H21N7O5/c24-18(32)11-35-15-7-1-12(2-8-15)9-19-26-20(21(25)33)22(27-19)28-23(34)17-10-16(29-30-17)13-3-5-14(31)6-4-13/h1-8,10,31H,9,11H2,(H2,24,32)(H2,25,33)(H,26,27)(H,28,34)(H,29,30). The number of imidazole rings is 1. The number of carbonyl (C=O) groups excluding carboxylic acids is 3. The van der Waals surface area contributed by atoms with Crippen LogP contribution in [0.4, 0.5) is 5.82 Å². The summed E-state index contributed by atoms with van der Waals surface area (Å²) in [6, 6.07) is 14.7. The Morgan fingerprint density at radius 3 is 2.40 bits per heavy atom. The second-order valence-electron chi connectivity index (χ2n) is 7.51. The zero-order valence-corrected chi connectivity index (χ0v) is 18.2. The summed E-state index contributed by atoms with van der Waals surface area (Å²) in [6.45, 7) is -0.227. The number of carbonyl (C=O) groups is 3. The molecule has 35 heavy (non-hydrogen) atoms. The second-order valence-corrected chi connectivity index (χ2v) is 7.51. The first-order chi connectivity index (χ1) is 16.8. The van der Waals surface area contributed by atoms with Crippen LogP contribution in [0, 0.1) is 0 Å². The van der Waals surface area contributed by atoms with Gasteiger partial charge in [-0.3, -0.25) is 19.5 Å². The molecule has 12 nitrogen and oxygen atoms in total. The highest BCUT2D eigenvalue weighted by molar-refractivity contribution is 6.06. The van der Waals surface area contributed by atoms with Crippen LogP contribution in [0.25, 0.3) is 11.3 Å². The number of nitrogens with two attached hydrogens (primary N) is 2. The first-order valence-electron chi connectivity index (χ1n) is 10.3. The molecule has 2 aromatic carbocycles. The number of aromatic hydroxyl groups is 1. The van der Waals surface area contributed by atoms with Crippen LogP contribution < -0.4 is 21.5 Å². The fourth-order valence-corrected chi connectivity index (χ4v) is 3.22. The van der Waals surface area contributed by atoms with Crippen molar-refractivity contribution >= 4 is 23.5 Å². The molecule has 0 radical (unpaired) electrons. The molecule has 0 saturated carbocycles. The van der Waals surface area contributed by atoms with Crippen molar-refractivity contribution in [3.8, 4) is 22.8 Å². The minimum Gasteiger partial charge on any atom is -0.508 e. The molecule has 4 aromatic rings. The molecule has 0 aliphatic heterocycles. The third-order valence-electron chi connectivity index (χ3n) is 4.89. The van der Waals surface area contributed by atoms with Crippen molar-refractivity contribution in [3.63, 3.8) is 0 Å². The van der Waals surface area contributed by atoms with Crippen LogP contribution in [0.5, 0.6) is 11.5 Å². The molecule has 178 valence electrons. The van der Waals surface area contributed by atoms with E-state index in [2.05, 4.69) is 25.5 Å². The lowest BCUT2D eigenvalue weighted by atomic mass is 10.1. The molecule has 0 atom stereocenters. The molecule has 0 bridgehead atoms. The molecule has 0 spiro atoms. The molecule has 12 heteroatoms. The molecule has 0 aliphatic carbocycles. The minimum absolute atomic E-state index is 0.0142. The number of phenolic OH excluding ortho intramolecular Hbond substituents is 1. The Morgan fingerprint density at radius 2 is 1.74 bits per heavy atom. The summed E-state index contributed by atoms with van der Waals surface area (Å²) in [5.74, 6) is -0.964. The lowest BCUT2D eigenvalue weighted by Gasteiger charge is -2.04. The summed E-state index contributed by atoms with van der Waals surface area (Å²) in [4.78, 5) is 42.6. The van der Waals surface area contributed by atoms with E-state index in [0.29, 0.717) is 29.3 Å². The number of phenols is 1. The predicted octanol–water partition coefficient (Wildman–Crippen LogP) is 1.31. The maximum absolute atomic E-state index is 12.7. The van der Waals surface area contributed by atoms with Crippen molar-refractivity contribution in [2.45, 2.75) is 6.42 Å². The number of primary amides is 2. The van der Waals surface area contributed by atoms with Crippen LogP contribution in [-0.4, -0.2) is 49.6 Å². The van der Waals surface area contributed by atoms with Gasteiger partial charge in [0, 0.05) is 12.0 Å². The third kappa shape index (κ3) is 5.63. The normalized spacial score (nSPS) is 10.6. The van der Waals surface area contributed by atoms with Gasteiger partial charge in [0.15, 0.2) is 12.4 Å². The summed E-state index contributed by atoms with van der Waals surface area (Å²) >= 11 is 0. The Balaban J connectivity index is 1.47. The highest BCUT2D eigenvalue weighted by Crippen LogP contribution is 2.22. The minimum atomic E-state index is -0.788. The van der Waals surface area contributed by atoms with Gasteiger partial charge in [-0.2, -0.15) is 5.10 Å². The summed E-state index contributed by atoms with van der Waals surface area (Å²) < 4.78 is 5.22. The second kappa shape index (κ2) is 9.79. The summed E-state index contributed by atoms with van der Waals surface area (Å²) in [6.07, 6.45) is 0.307. The van der Waals surface area contributed by atoms with E-state index in [1.807, 2.05) is 0 Å². The number of hydrogen-bond acceptors (Lipinski definition) is 7. The van der Waals surface area contributed by atoms with Crippen LogP contribution in [0.2, 0.25) is 0 Å².